The van der Waals surface area contributed by atoms with Crippen molar-refractivity contribution in [3.05, 3.63) is 155 Å². The molecule has 0 aromatic heterocycles. The first-order chi connectivity index (χ1) is 33.7. The monoisotopic (exact) mass is 937 g/mol. The molecule has 4 aromatic rings. The molecule has 4 aromatic carbocycles. The summed E-state index contributed by atoms with van der Waals surface area (Å²) in [6.07, 6.45) is 10.2. The van der Waals surface area contributed by atoms with Crippen molar-refractivity contribution in [2.24, 2.45) is 46.3 Å². The van der Waals surface area contributed by atoms with E-state index in [1.54, 1.807) is 5.57 Å². The molecule has 3 saturated heterocycles. The Morgan fingerprint density at radius 2 is 1.22 bits per heavy atom. The minimum atomic E-state index is -0.711. The summed E-state index contributed by atoms with van der Waals surface area (Å²) in [5.41, 5.74) is 6.37. The highest BCUT2D eigenvalue weighted by molar-refractivity contribution is 5.27. The van der Waals surface area contributed by atoms with Crippen molar-refractivity contribution in [1.29, 1.82) is 0 Å². The maximum atomic E-state index is 7.35. The summed E-state index contributed by atoms with van der Waals surface area (Å²) in [5, 5.41) is 0. The smallest absolute Gasteiger partial charge is 0.187 e. The van der Waals surface area contributed by atoms with Crippen molar-refractivity contribution in [3.8, 4) is 0 Å². The molecule has 3 aliphatic heterocycles. The Hall–Kier alpha value is -3.70. The fourth-order valence-electron chi connectivity index (χ4n) is 14.8. The van der Waals surface area contributed by atoms with Crippen LogP contribution in [0, 0.1) is 46.3 Å². The van der Waals surface area contributed by atoms with Gasteiger partial charge in [0.05, 0.1) is 51.8 Å². The van der Waals surface area contributed by atoms with E-state index in [-0.39, 0.29) is 17.3 Å². The van der Waals surface area contributed by atoms with Crippen LogP contribution in [0.4, 0.5) is 0 Å². The van der Waals surface area contributed by atoms with Gasteiger partial charge in [-0.1, -0.05) is 161 Å². The molecule has 3 heterocycles. The van der Waals surface area contributed by atoms with E-state index in [4.69, 9.17) is 37.9 Å². The molecule has 0 radical (unpaired) electrons. The van der Waals surface area contributed by atoms with Crippen molar-refractivity contribution in [1.82, 2.24) is 0 Å². The summed E-state index contributed by atoms with van der Waals surface area (Å²) >= 11 is 0. The van der Waals surface area contributed by atoms with E-state index in [1.807, 2.05) is 48.5 Å². The Morgan fingerprint density at radius 1 is 0.623 bits per heavy atom. The van der Waals surface area contributed by atoms with Crippen LogP contribution in [0.15, 0.2) is 133 Å². The molecule has 11 rings (SSSR count). The Balaban J connectivity index is 0.849. The molecule has 368 valence electrons. The molecule has 7 aliphatic rings. The predicted octanol–water partition coefficient (Wildman–Crippen LogP) is 12.4. The van der Waals surface area contributed by atoms with Crippen molar-refractivity contribution in [3.63, 3.8) is 0 Å². The number of benzene rings is 4. The third-order valence-corrected chi connectivity index (χ3v) is 18.5. The van der Waals surface area contributed by atoms with Crippen LogP contribution in [0.3, 0.4) is 0 Å². The Kier molecular flexibility index (Phi) is 14.1. The van der Waals surface area contributed by atoms with Crippen LogP contribution in [0.2, 0.25) is 0 Å². The normalized spacial score (nSPS) is 39.2. The van der Waals surface area contributed by atoms with Crippen LogP contribution in [0.1, 0.15) is 108 Å². The molecule has 3 saturated carbocycles. The van der Waals surface area contributed by atoms with E-state index in [9.17, 15) is 0 Å². The molecule has 0 amide bonds. The van der Waals surface area contributed by atoms with Gasteiger partial charge in [0.1, 0.15) is 24.4 Å². The van der Waals surface area contributed by atoms with Gasteiger partial charge in [0.15, 0.2) is 12.1 Å². The van der Waals surface area contributed by atoms with E-state index >= 15 is 0 Å². The van der Waals surface area contributed by atoms with Crippen LogP contribution in [-0.2, 0) is 64.3 Å². The molecular weight excluding hydrogens is 861 g/mol. The summed E-state index contributed by atoms with van der Waals surface area (Å²) in [6.45, 7) is 12.8. The number of rotatable bonds is 15. The Bertz CT molecular complexity index is 2300. The third-order valence-electron chi connectivity index (χ3n) is 18.5. The highest BCUT2D eigenvalue weighted by Crippen LogP contribution is 2.70. The molecule has 4 aliphatic carbocycles. The number of fused-ring (bicyclic) bond motifs is 7. The van der Waals surface area contributed by atoms with Gasteiger partial charge in [-0.05, 0) is 114 Å². The first-order valence-electron chi connectivity index (χ1n) is 26.6. The van der Waals surface area contributed by atoms with Crippen molar-refractivity contribution in [2.75, 3.05) is 13.2 Å². The van der Waals surface area contributed by atoms with Crippen LogP contribution >= 0.6 is 0 Å². The average Bonchev–Trinajstić information content (AvgIpc) is 3.83. The van der Waals surface area contributed by atoms with E-state index in [0.717, 1.165) is 61.0 Å². The molecule has 0 N–H and O–H groups in total. The second-order valence-electron chi connectivity index (χ2n) is 22.6. The van der Waals surface area contributed by atoms with E-state index in [1.165, 1.54) is 25.7 Å². The molecule has 0 bridgehead atoms. The van der Waals surface area contributed by atoms with Gasteiger partial charge < -0.3 is 37.9 Å². The minimum absolute atomic E-state index is 0.0282. The molecule has 3 unspecified atom stereocenters. The van der Waals surface area contributed by atoms with Gasteiger partial charge in [0, 0.05) is 12.3 Å². The number of ether oxygens (including phenoxy) is 8. The Morgan fingerprint density at radius 3 is 1.83 bits per heavy atom. The molecule has 8 heteroatoms. The summed E-state index contributed by atoms with van der Waals surface area (Å²) < 4.78 is 55.9. The molecule has 16 atom stereocenters. The van der Waals surface area contributed by atoms with E-state index < -0.39 is 30.7 Å². The quantitative estimate of drug-likeness (QED) is 0.109. The van der Waals surface area contributed by atoms with Crippen LogP contribution in [-0.4, -0.2) is 61.9 Å². The minimum Gasteiger partial charge on any atom is -0.374 e. The van der Waals surface area contributed by atoms with Crippen molar-refractivity contribution in [2.45, 2.75) is 161 Å². The second kappa shape index (κ2) is 20.4. The maximum absolute atomic E-state index is 7.35. The lowest BCUT2D eigenvalue weighted by Crippen LogP contribution is -2.62. The highest BCUT2D eigenvalue weighted by atomic mass is 16.7. The van der Waals surface area contributed by atoms with Gasteiger partial charge in [0.25, 0.3) is 0 Å². The SMILES string of the molecule is C[C@@H]1CC[C@@]2(OC1)OC1CC3[C@@H]4CC=C5C[C@@H](OC6O[C@H](COCc7ccccc7)[C@@H](OCc7ccccc7)[C@H](OCc7ccccc7)[C@H]6OCc6ccccc6)CC[C@]5(C)[C@H]4CC[C@]3(C)[C@H]1[C@@H]2C. The molecule has 8 nitrogen and oxygen atoms in total. The van der Waals surface area contributed by atoms with Gasteiger partial charge >= 0.3 is 0 Å². The topological polar surface area (TPSA) is 73.8 Å². The van der Waals surface area contributed by atoms with E-state index in [0.29, 0.717) is 80.1 Å². The van der Waals surface area contributed by atoms with Gasteiger partial charge in [0.2, 0.25) is 0 Å². The van der Waals surface area contributed by atoms with Crippen molar-refractivity contribution < 1.29 is 37.9 Å². The first kappa shape index (κ1) is 47.6. The molecule has 6 fully saturated rings. The van der Waals surface area contributed by atoms with Gasteiger partial charge in [-0.15, -0.1) is 0 Å². The maximum Gasteiger partial charge on any atom is 0.187 e. The zero-order valence-corrected chi connectivity index (χ0v) is 41.5. The standard InChI is InChI=1S/C61H76O8/c1-41-27-32-61(66-35-41)42(2)54-52(69-61)34-51-49-26-25-47-33-48(28-30-59(47,3)50(49)29-31-60(51,54)4)67-58-57(65-39-46-23-15-8-16-24-46)56(64-38-45-21-13-7-14-22-45)55(63-37-44-19-11-6-12-20-44)53(68-58)40-62-36-43-17-9-5-10-18-43/h5-25,41-42,48-58H,26-40H2,1-4H3/t41-,42+,48+,49-,50+,51?,52?,53-,54+,55-,56+,57-,58?,59+,60+,61-/m1/s1. The summed E-state index contributed by atoms with van der Waals surface area (Å²) in [5.74, 6) is 3.29. The fraction of sp³-hybridized carbons (Fsp3) is 0.574. The highest BCUT2D eigenvalue weighted by Gasteiger charge is 2.68. The van der Waals surface area contributed by atoms with Crippen LogP contribution < -0.4 is 0 Å². The van der Waals surface area contributed by atoms with E-state index in [2.05, 4.69) is 107 Å². The molecule has 69 heavy (non-hydrogen) atoms. The average molecular weight is 937 g/mol. The number of hydrogen-bond acceptors (Lipinski definition) is 8. The van der Waals surface area contributed by atoms with Crippen LogP contribution in [0.25, 0.3) is 0 Å². The molecule has 1 spiro atoms. The second-order valence-corrected chi connectivity index (χ2v) is 22.6. The molecular formula is C61H76O8. The lowest BCUT2D eigenvalue weighted by molar-refractivity contribution is -0.337. The fourth-order valence-corrected chi connectivity index (χ4v) is 14.8. The van der Waals surface area contributed by atoms with Crippen LogP contribution in [0.5, 0.6) is 0 Å². The van der Waals surface area contributed by atoms with Gasteiger partial charge in [-0.2, -0.15) is 0 Å². The first-order valence-corrected chi connectivity index (χ1v) is 26.6. The van der Waals surface area contributed by atoms with Gasteiger partial charge in [-0.3, -0.25) is 0 Å². The lowest BCUT2D eigenvalue weighted by Gasteiger charge is -2.58. The summed E-state index contributed by atoms with van der Waals surface area (Å²) in [7, 11) is 0. The largest absolute Gasteiger partial charge is 0.374 e. The Labute approximate surface area is 411 Å². The van der Waals surface area contributed by atoms with Crippen molar-refractivity contribution >= 4 is 0 Å². The predicted molar refractivity (Wildman–Crippen MR) is 266 cm³/mol. The lowest BCUT2D eigenvalue weighted by atomic mass is 9.47. The summed E-state index contributed by atoms with van der Waals surface area (Å²) in [6, 6.07) is 41.4. The third kappa shape index (κ3) is 9.59. The summed E-state index contributed by atoms with van der Waals surface area (Å²) in [4.78, 5) is 0. The zero-order chi connectivity index (χ0) is 47.0. The number of allylic oxidation sites excluding steroid dienone is 1. The number of hydrogen-bond donors (Lipinski definition) is 0. The van der Waals surface area contributed by atoms with Gasteiger partial charge in [-0.25, -0.2) is 0 Å². The zero-order valence-electron chi connectivity index (χ0n) is 41.5.